The third-order valence-corrected chi connectivity index (χ3v) is 4.51. The van der Waals surface area contributed by atoms with Crippen LogP contribution in [0.4, 0.5) is 5.69 Å². The molecule has 21 heavy (non-hydrogen) atoms. The number of ether oxygens (including phenoxy) is 2. The second-order valence-electron chi connectivity index (χ2n) is 5.90. The van der Waals surface area contributed by atoms with Crippen LogP contribution in [0.1, 0.15) is 12.0 Å². The van der Waals surface area contributed by atoms with Crippen molar-refractivity contribution < 1.29 is 9.47 Å². The Morgan fingerprint density at radius 3 is 2.81 bits per heavy atom. The highest BCUT2D eigenvalue weighted by Crippen LogP contribution is 2.24. The average Bonchev–Trinajstić information content (AvgIpc) is 2.97. The van der Waals surface area contributed by atoms with Crippen LogP contribution in [0.5, 0.6) is 5.75 Å². The van der Waals surface area contributed by atoms with Crippen molar-refractivity contribution in [3.63, 3.8) is 0 Å². The fourth-order valence-corrected chi connectivity index (χ4v) is 3.34. The van der Waals surface area contributed by atoms with Crippen LogP contribution in [0.15, 0.2) is 18.2 Å². The number of nitrogen functional groups attached to an aromatic ring is 1. The van der Waals surface area contributed by atoms with Gasteiger partial charge in [-0.3, -0.25) is 9.80 Å². The average molecular weight is 291 g/mol. The van der Waals surface area contributed by atoms with Crippen LogP contribution in [0.25, 0.3) is 0 Å². The summed E-state index contributed by atoms with van der Waals surface area (Å²) in [5.41, 5.74) is 7.97. The third kappa shape index (κ3) is 3.48. The van der Waals surface area contributed by atoms with Gasteiger partial charge in [0.05, 0.1) is 26.0 Å². The van der Waals surface area contributed by atoms with Crippen molar-refractivity contribution in [3.05, 3.63) is 23.8 Å². The smallest absolute Gasteiger partial charge is 0.141 e. The van der Waals surface area contributed by atoms with E-state index in [2.05, 4.69) is 15.9 Å². The minimum absolute atomic E-state index is 0.685. The van der Waals surface area contributed by atoms with Gasteiger partial charge in [0.15, 0.2) is 0 Å². The normalized spacial score (nSPS) is 24.3. The third-order valence-electron chi connectivity index (χ3n) is 4.51. The van der Waals surface area contributed by atoms with Crippen LogP contribution in [-0.2, 0) is 11.3 Å². The maximum atomic E-state index is 5.98. The van der Waals surface area contributed by atoms with Gasteiger partial charge >= 0.3 is 0 Å². The molecule has 2 saturated heterocycles. The molecule has 1 aromatic carbocycles. The number of benzene rings is 1. The zero-order valence-corrected chi connectivity index (χ0v) is 12.8. The minimum Gasteiger partial charge on any atom is -0.495 e. The predicted molar refractivity (Wildman–Crippen MR) is 83.5 cm³/mol. The molecule has 3 rings (SSSR count). The number of nitrogens with zero attached hydrogens (tertiary/aromatic N) is 2. The quantitative estimate of drug-likeness (QED) is 0.844. The molecular weight excluding hydrogens is 266 g/mol. The Morgan fingerprint density at radius 2 is 2.10 bits per heavy atom. The van der Waals surface area contributed by atoms with Crippen molar-refractivity contribution in [2.24, 2.45) is 0 Å². The molecule has 1 aromatic rings. The van der Waals surface area contributed by atoms with Crippen molar-refractivity contribution in [2.45, 2.75) is 19.0 Å². The number of likely N-dealkylation sites (tertiary alicyclic amines) is 1. The topological polar surface area (TPSA) is 51.0 Å². The fraction of sp³-hybridized carbons (Fsp3) is 0.625. The molecule has 1 unspecified atom stereocenters. The van der Waals surface area contributed by atoms with Crippen molar-refractivity contribution in [2.75, 3.05) is 52.2 Å². The van der Waals surface area contributed by atoms with Gasteiger partial charge in [0.1, 0.15) is 5.75 Å². The number of methoxy groups -OCH3 is 1. The summed E-state index contributed by atoms with van der Waals surface area (Å²) in [5, 5.41) is 0. The molecule has 2 heterocycles. The molecule has 0 aliphatic carbocycles. The van der Waals surface area contributed by atoms with Gasteiger partial charge in [0, 0.05) is 38.8 Å². The molecule has 0 spiro atoms. The molecule has 2 fully saturated rings. The van der Waals surface area contributed by atoms with E-state index in [4.69, 9.17) is 15.2 Å². The fourth-order valence-electron chi connectivity index (χ4n) is 3.34. The van der Waals surface area contributed by atoms with E-state index in [-0.39, 0.29) is 0 Å². The van der Waals surface area contributed by atoms with Gasteiger partial charge in [0.25, 0.3) is 0 Å². The van der Waals surface area contributed by atoms with Gasteiger partial charge < -0.3 is 15.2 Å². The van der Waals surface area contributed by atoms with Crippen LogP contribution in [0.3, 0.4) is 0 Å². The lowest BCUT2D eigenvalue weighted by Crippen LogP contribution is -2.44. The van der Waals surface area contributed by atoms with E-state index in [1.165, 1.54) is 12.0 Å². The first kappa shape index (κ1) is 14.6. The Kier molecular flexibility index (Phi) is 4.63. The lowest BCUT2D eigenvalue weighted by molar-refractivity contribution is 0.0184. The summed E-state index contributed by atoms with van der Waals surface area (Å²) in [4.78, 5) is 5.09. The summed E-state index contributed by atoms with van der Waals surface area (Å²) in [7, 11) is 1.65. The number of nitrogens with two attached hydrogens (primary N) is 1. The summed E-state index contributed by atoms with van der Waals surface area (Å²) < 4.78 is 10.6. The van der Waals surface area contributed by atoms with Gasteiger partial charge in [-0.2, -0.15) is 0 Å². The van der Waals surface area contributed by atoms with Crippen molar-refractivity contribution in [3.8, 4) is 5.75 Å². The Balaban J connectivity index is 1.55. The number of anilines is 1. The van der Waals surface area contributed by atoms with Crippen LogP contribution in [0, 0.1) is 0 Å². The minimum atomic E-state index is 0.685. The molecule has 5 heteroatoms. The number of hydrogen-bond donors (Lipinski definition) is 1. The van der Waals surface area contributed by atoms with E-state index in [0.29, 0.717) is 6.04 Å². The summed E-state index contributed by atoms with van der Waals surface area (Å²) in [6.45, 7) is 7.19. The lowest BCUT2D eigenvalue weighted by atomic mass is 10.2. The second kappa shape index (κ2) is 6.64. The maximum Gasteiger partial charge on any atom is 0.141 e. The summed E-state index contributed by atoms with van der Waals surface area (Å²) in [5.74, 6) is 0.756. The zero-order chi connectivity index (χ0) is 14.7. The first-order valence-corrected chi connectivity index (χ1v) is 7.73. The Bertz CT molecular complexity index is 475. The van der Waals surface area contributed by atoms with Crippen LogP contribution in [0.2, 0.25) is 0 Å². The second-order valence-corrected chi connectivity index (χ2v) is 5.90. The largest absolute Gasteiger partial charge is 0.495 e. The molecule has 2 aliphatic rings. The van der Waals surface area contributed by atoms with E-state index in [1.807, 2.05) is 12.1 Å². The number of rotatable bonds is 4. The number of hydrogen-bond acceptors (Lipinski definition) is 5. The van der Waals surface area contributed by atoms with E-state index in [1.54, 1.807) is 7.11 Å². The van der Waals surface area contributed by atoms with Crippen LogP contribution < -0.4 is 10.5 Å². The Hall–Kier alpha value is -1.30. The van der Waals surface area contributed by atoms with E-state index < -0.39 is 0 Å². The molecule has 0 saturated carbocycles. The molecule has 116 valence electrons. The van der Waals surface area contributed by atoms with Crippen molar-refractivity contribution in [1.82, 2.24) is 9.80 Å². The lowest BCUT2D eigenvalue weighted by Gasteiger charge is -2.32. The van der Waals surface area contributed by atoms with Crippen molar-refractivity contribution >= 4 is 5.69 Å². The Labute approximate surface area is 126 Å². The van der Waals surface area contributed by atoms with E-state index in [0.717, 1.165) is 57.4 Å². The molecule has 0 amide bonds. The first-order chi connectivity index (χ1) is 10.3. The summed E-state index contributed by atoms with van der Waals surface area (Å²) in [6, 6.07) is 6.78. The maximum absolute atomic E-state index is 5.98. The highest BCUT2D eigenvalue weighted by atomic mass is 16.5. The first-order valence-electron chi connectivity index (χ1n) is 7.73. The van der Waals surface area contributed by atoms with Crippen LogP contribution >= 0.6 is 0 Å². The molecule has 2 aliphatic heterocycles. The van der Waals surface area contributed by atoms with Gasteiger partial charge in [-0.1, -0.05) is 6.07 Å². The molecular formula is C16H25N3O2. The monoisotopic (exact) mass is 291 g/mol. The standard InChI is InChI=1S/C16H25N3O2/c1-20-16-3-2-13(10-15(16)17)11-18-5-4-14(12-18)19-6-8-21-9-7-19/h2-3,10,14H,4-9,11-12,17H2,1H3. The highest BCUT2D eigenvalue weighted by molar-refractivity contribution is 5.54. The molecule has 0 aromatic heterocycles. The predicted octanol–water partition coefficient (Wildman–Crippen LogP) is 1.18. The van der Waals surface area contributed by atoms with Crippen molar-refractivity contribution in [1.29, 1.82) is 0 Å². The van der Waals surface area contributed by atoms with E-state index >= 15 is 0 Å². The highest BCUT2D eigenvalue weighted by Gasteiger charge is 2.28. The molecule has 0 radical (unpaired) electrons. The van der Waals surface area contributed by atoms with Crippen LogP contribution in [-0.4, -0.2) is 62.3 Å². The molecule has 5 nitrogen and oxygen atoms in total. The summed E-state index contributed by atoms with van der Waals surface area (Å²) in [6.07, 6.45) is 1.26. The van der Waals surface area contributed by atoms with E-state index in [9.17, 15) is 0 Å². The number of morpholine rings is 1. The zero-order valence-electron chi connectivity index (χ0n) is 12.8. The van der Waals surface area contributed by atoms with Gasteiger partial charge in [0.2, 0.25) is 0 Å². The Morgan fingerprint density at radius 1 is 1.29 bits per heavy atom. The molecule has 2 N–H and O–H groups in total. The van der Waals surface area contributed by atoms with Gasteiger partial charge in [-0.05, 0) is 24.1 Å². The molecule has 1 atom stereocenters. The molecule has 0 bridgehead atoms. The SMILES string of the molecule is COc1ccc(CN2CCC(N3CCOCC3)C2)cc1N. The van der Waals surface area contributed by atoms with Gasteiger partial charge in [-0.25, -0.2) is 0 Å². The summed E-state index contributed by atoms with van der Waals surface area (Å²) >= 11 is 0. The van der Waals surface area contributed by atoms with Gasteiger partial charge in [-0.15, -0.1) is 0 Å².